The minimum Gasteiger partial charge on any atom is -0.406 e. The molecule has 0 radical (unpaired) electrons. The lowest BCUT2D eigenvalue weighted by atomic mass is 9.45. The summed E-state index contributed by atoms with van der Waals surface area (Å²) in [6, 6.07) is 12.6. The minimum atomic E-state index is -4.81. The van der Waals surface area contributed by atoms with Gasteiger partial charge in [-0.2, -0.15) is 0 Å². The number of hydrogen-bond donors (Lipinski definition) is 2. The highest BCUT2D eigenvalue weighted by molar-refractivity contribution is 5.93. The lowest BCUT2D eigenvalue weighted by Gasteiger charge is -2.61. The van der Waals surface area contributed by atoms with Crippen LogP contribution in [-0.4, -0.2) is 48.9 Å². The van der Waals surface area contributed by atoms with Gasteiger partial charge in [-0.1, -0.05) is 48.3 Å². The molecule has 8 nitrogen and oxygen atoms in total. The van der Waals surface area contributed by atoms with Crippen LogP contribution in [0.2, 0.25) is 0 Å². The predicted molar refractivity (Wildman–Crippen MR) is 169 cm³/mol. The number of aliphatic hydroxyl groups is 1. The van der Waals surface area contributed by atoms with Crippen LogP contribution < -0.4 is 10.1 Å². The third-order valence-corrected chi connectivity index (χ3v) is 10.7. The van der Waals surface area contributed by atoms with E-state index in [0.29, 0.717) is 36.8 Å². The Kier molecular flexibility index (Phi) is 9.06. The van der Waals surface area contributed by atoms with Crippen molar-refractivity contribution < 1.29 is 42.2 Å². The van der Waals surface area contributed by atoms with E-state index in [1.165, 1.54) is 35.1 Å². The van der Waals surface area contributed by atoms with Crippen molar-refractivity contribution in [2.45, 2.75) is 76.2 Å². The van der Waals surface area contributed by atoms with Crippen molar-refractivity contribution >= 4 is 23.8 Å². The van der Waals surface area contributed by atoms with Crippen molar-refractivity contribution in [2.75, 3.05) is 19.0 Å². The summed E-state index contributed by atoms with van der Waals surface area (Å²) in [6.45, 7) is 2.54. The van der Waals surface area contributed by atoms with Gasteiger partial charge in [0.2, 0.25) is 0 Å². The number of halogens is 3. The number of allylic oxidation sites excluding steroid dienone is 4. The van der Waals surface area contributed by atoms with Crippen LogP contribution in [-0.2, 0) is 14.4 Å². The molecule has 47 heavy (non-hydrogen) atoms. The maximum atomic E-state index is 12.4. The fraction of sp³-hybridized carbons (Fsp3) is 0.472. The number of hydrogen-bond acceptors (Lipinski definition) is 7. The second kappa shape index (κ2) is 12.9. The number of anilines is 1. The molecule has 2 unspecified atom stereocenters. The van der Waals surface area contributed by atoms with E-state index >= 15 is 0 Å². The number of methoxy groups -OCH3 is 1. The molecule has 0 aromatic heterocycles. The Balaban J connectivity index is 1.20. The standard InChI is InChI=1S/C36H39F3N2O6/c1-34-19-30(32-28-16-12-26(42)18-24(28)9-15-29(32)31(34)4-3-17-35(34,44)21-45-2)23-7-5-22(6-8-23)20-40-47-33(43)41-25-10-13-27(14-11-25)46-36(37,38)39/h5-8,10-11,13-14,18,20,29-31,44H,3-4,9,12,15-17,19,21H2,1-2H3,(H,41,43)/b40-20+/t29?,30-,31?,34+,35-/m1/s1. The summed E-state index contributed by atoms with van der Waals surface area (Å²) in [5, 5.41) is 18.2. The summed E-state index contributed by atoms with van der Waals surface area (Å²) in [5.74, 6) is 0.501. The average Bonchev–Trinajstić information content (AvgIpc) is 3.02. The van der Waals surface area contributed by atoms with Gasteiger partial charge in [0, 0.05) is 30.6 Å². The molecule has 0 heterocycles. The van der Waals surface area contributed by atoms with Crippen LogP contribution in [0.25, 0.3) is 0 Å². The maximum Gasteiger partial charge on any atom is 0.573 e. The number of ether oxygens (including phenoxy) is 2. The fourth-order valence-corrected chi connectivity index (χ4v) is 8.58. The topological polar surface area (TPSA) is 106 Å². The molecule has 2 fully saturated rings. The number of carbonyl (C=O) groups excluding carboxylic acids is 2. The summed E-state index contributed by atoms with van der Waals surface area (Å²) in [4.78, 5) is 29.4. The first-order valence-electron chi connectivity index (χ1n) is 16.0. The number of amides is 1. The Bertz CT molecular complexity index is 1600. The molecule has 0 bridgehead atoms. The molecule has 250 valence electrons. The van der Waals surface area contributed by atoms with Crippen LogP contribution in [0.1, 0.15) is 75.3 Å². The molecule has 0 aliphatic heterocycles. The first kappa shape index (κ1) is 33.0. The van der Waals surface area contributed by atoms with Crippen LogP contribution in [0.15, 0.2) is 76.5 Å². The van der Waals surface area contributed by atoms with Crippen molar-refractivity contribution in [3.8, 4) is 5.75 Å². The highest BCUT2D eigenvalue weighted by atomic mass is 19.4. The van der Waals surface area contributed by atoms with Crippen LogP contribution in [0.5, 0.6) is 5.75 Å². The number of benzene rings is 2. The number of ketones is 1. The third-order valence-electron chi connectivity index (χ3n) is 10.7. The molecule has 1 amide bonds. The molecular formula is C36H39F3N2O6. The number of carbonyl (C=O) groups is 2. The van der Waals surface area contributed by atoms with Gasteiger partial charge in [-0.15, -0.1) is 13.2 Å². The van der Waals surface area contributed by atoms with Crippen molar-refractivity contribution in [3.63, 3.8) is 0 Å². The van der Waals surface area contributed by atoms with Crippen LogP contribution >= 0.6 is 0 Å². The van der Waals surface area contributed by atoms with Gasteiger partial charge in [0.05, 0.1) is 18.4 Å². The number of nitrogens with zero attached hydrogens (tertiary/aromatic N) is 1. The number of alkyl halides is 3. The van der Waals surface area contributed by atoms with E-state index in [0.717, 1.165) is 56.2 Å². The molecular weight excluding hydrogens is 613 g/mol. The number of fused-ring (bicyclic) bond motifs is 4. The Morgan fingerprint density at radius 1 is 1.09 bits per heavy atom. The molecule has 4 aliphatic rings. The number of oxime groups is 1. The molecule has 2 N–H and O–H groups in total. The largest absolute Gasteiger partial charge is 0.573 e. The first-order chi connectivity index (χ1) is 22.4. The predicted octanol–water partition coefficient (Wildman–Crippen LogP) is 7.83. The normalized spacial score (nSPS) is 29.0. The highest BCUT2D eigenvalue weighted by Gasteiger charge is 2.60. The summed E-state index contributed by atoms with van der Waals surface area (Å²) in [6.07, 6.45) is 4.18. The van der Waals surface area contributed by atoms with E-state index in [-0.39, 0.29) is 22.8 Å². The smallest absolute Gasteiger partial charge is 0.406 e. The molecule has 2 aromatic rings. The van der Waals surface area contributed by atoms with Gasteiger partial charge in [-0.05, 0) is 103 Å². The summed E-state index contributed by atoms with van der Waals surface area (Å²) < 4.78 is 46.5. The summed E-state index contributed by atoms with van der Waals surface area (Å²) >= 11 is 0. The van der Waals surface area contributed by atoms with Gasteiger partial charge in [0.15, 0.2) is 5.78 Å². The van der Waals surface area contributed by atoms with Gasteiger partial charge in [0.25, 0.3) is 0 Å². The maximum absolute atomic E-state index is 12.4. The summed E-state index contributed by atoms with van der Waals surface area (Å²) in [7, 11) is 1.65. The zero-order valence-corrected chi connectivity index (χ0v) is 26.4. The molecule has 5 atom stereocenters. The highest BCUT2D eigenvalue weighted by Crippen LogP contribution is 2.65. The van der Waals surface area contributed by atoms with Crippen LogP contribution in [0.3, 0.4) is 0 Å². The van der Waals surface area contributed by atoms with E-state index in [1.54, 1.807) is 7.11 Å². The Morgan fingerprint density at radius 3 is 2.53 bits per heavy atom. The molecule has 0 spiro atoms. The number of rotatable bonds is 7. The SMILES string of the molecule is COC[C@]1(O)CCCC2C3CCC4=CC(=O)CCC4=C3[C@@H](c3ccc(/C=N/OC(=O)Nc4ccc(OC(F)(F)F)cc4)cc3)C[C@@]21C. The van der Waals surface area contributed by atoms with Crippen molar-refractivity contribution in [1.82, 2.24) is 0 Å². The van der Waals surface area contributed by atoms with Crippen molar-refractivity contribution in [1.29, 1.82) is 0 Å². The average molecular weight is 653 g/mol. The van der Waals surface area contributed by atoms with Gasteiger partial charge >= 0.3 is 12.5 Å². The van der Waals surface area contributed by atoms with E-state index in [2.05, 4.69) is 34.3 Å². The van der Waals surface area contributed by atoms with Gasteiger partial charge in [0.1, 0.15) is 5.75 Å². The molecule has 0 saturated heterocycles. The van der Waals surface area contributed by atoms with Crippen LogP contribution in [0, 0.1) is 17.3 Å². The quantitative estimate of drug-likeness (QED) is 0.179. The van der Waals surface area contributed by atoms with E-state index in [9.17, 15) is 27.9 Å². The fourth-order valence-electron chi connectivity index (χ4n) is 8.58. The Morgan fingerprint density at radius 2 is 1.83 bits per heavy atom. The van der Waals surface area contributed by atoms with Gasteiger partial charge in [-0.25, -0.2) is 4.79 Å². The second-order valence-corrected chi connectivity index (χ2v) is 13.3. The van der Waals surface area contributed by atoms with E-state index < -0.39 is 23.8 Å². The number of nitrogens with one attached hydrogen (secondary N) is 1. The molecule has 6 rings (SSSR count). The Hall–Kier alpha value is -3.96. The van der Waals surface area contributed by atoms with Crippen molar-refractivity contribution in [2.24, 2.45) is 22.4 Å². The molecule has 2 aromatic carbocycles. The van der Waals surface area contributed by atoms with Gasteiger partial charge in [-0.3, -0.25) is 14.9 Å². The zero-order valence-electron chi connectivity index (χ0n) is 26.4. The zero-order chi connectivity index (χ0) is 33.4. The molecule has 11 heteroatoms. The Labute approximate surface area is 271 Å². The molecule has 4 aliphatic carbocycles. The minimum absolute atomic E-state index is 0.0653. The summed E-state index contributed by atoms with van der Waals surface area (Å²) in [5.41, 5.74) is 4.69. The van der Waals surface area contributed by atoms with E-state index in [1.807, 2.05) is 18.2 Å². The lowest BCUT2D eigenvalue weighted by molar-refractivity contribution is -0.274. The monoisotopic (exact) mass is 652 g/mol. The second-order valence-electron chi connectivity index (χ2n) is 13.3. The first-order valence-corrected chi connectivity index (χ1v) is 16.0. The lowest BCUT2D eigenvalue weighted by Crippen LogP contribution is -2.61. The van der Waals surface area contributed by atoms with Gasteiger partial charge < -0.3 is 14.6 Å². The van der Waals surface area contributed by atoms with Crippen LogP contribution in [0.4, 0.5) is 23.7 Å². The molecule has 2 saturated carbocycles. The third kappa shape index (κ3) is 6.73. The van der Waals surface area contributed by atoms with E-state index in [4.69, 9.17) is 9.57 Å². The van der Waals surface area contributed by atoms with Crippen molar-refractivity contribution in [3.05, 3.63) is 82.5 Å².